The van der Waals surface area contributed by atoms with E-state index >= 15 is 0 Å². The molecule has 2 N–H and O–H groups in total. The molecule has 0 aliphatic carbocycles. The van der Waals surface area contributed by atoms with Gasteiger partial charge in [0.2, 0.25) is 0 Å². The number of amides is 1. The molecule has 2 heterocycles. The minimum absolute atomic E-state index is 0.0101. The number of nitrogens with one attached hydrogen (secondary N) is 1. The topological polar surface area (TPSA) is 83.9 Å². The molecule has 2 aromatic carbocycles. The summed E-state index contributed by atoms with van der Waals surface area (Å²) in [6, 6.07) is 18.8. The number of ether oxygens (including phenoxy) is 2. The molecule has 1 saturated heterocycles. The highest BCUT2D eigenvalue weighted by atomic mass is 16.7. The van der Waals surface area contributed by atoms with E-state index in [1.165, 1.54) is 6.20 Å². The van der Waals surface area contributed by atoms with Crippen molar-refractivity contribution in [3.05, 3.63) is 108 Å². The van der Waals surface area contributed by atoms with Gasteiger partial charge in [-0.25, -0.2) is 0 Å². The first-order valence-electron chi connectivity index (χ1n) is 11.7. The molecule has 0 radical (unpaired) electrons. The molecule has 4 rings (SSSR count). The van der Waals surface area contributed by atoms with E-state index in [9.17, 15) is 9.90 Å². The third-order valence-corrected chi connectivity index (χ3v) is 5.94. The van der Waals surface area contributed by atoms with Crippen molar-refractivity contribution in [2.24, 2.45) is 0 Å². The second-order valence-corrected chi connectivity index (χ2v) is 8.68. The van der Waals surface area contributed by atoms with E-state index in [2.05, 4.69) is 21.8 Å². The lowest BCUT2D eigenvalue weighted by Crippen LogP contribution is -2.37. The number of nitrogens with zero attached hydrogens (tertiary/aromatic N) is 2. The zero-order valence-electron chi connectivity index (χ0n) is 19.8. The van der Waals surface area contributed by atoms with Crippen molar-refractivity contribution in [2.75, 3.05) is 25.5 Å². The number of rotatable bonds is 9. The Morgan fingerprint density at radius 1 is 1.14 bits per heavy atom. The smallest absolute Gasteiger partial charge is 0.257 e. The summed E-state index contributed by atoms with van der Waals surface area (Å²) in [5, 5.41) is 12.3. The van der Waals surface area contributed by atoms with Crippen LogP contribution in [0.4, 0.5) is 5.69 Å². The van der Waals surface area contributed by atoms with E-state index < -0.39 is 6.29 Å². The highest BCUT2D eigenvalue weighted by molar-refractivity contribution is 6.03. The highest BCUT2D eigenvalue weighted by Crippen LogP contribution is 2.38. The van der Waals surface area contributed by atoms with Crippen LogP contribution in [0.2, 0.25) is 0 Å². The first-order chi connectivity index (χ1) is 17.1. The van der Waals surface area contributed by atoms with Crippen LogP contribution in [0.5, 0.6) is 0 Å². The summed E-state index contributed by atoms with van der Waals surface area (Å²) >= 11 is 0. The summed E-state index contributed by atoms with van der Waals surface area (Å²) in [6.07, 6.45) is 5.03. The van der Waals surface area contributed by atoms with Gasteiger partial charge >= 0.3 is 0 Å². The molecule has 1 aliphatic rings. The molecule has 3 aromatic rings. The number of carbonyl (C=O) groups is 1. The SMILES string of the molecule is C=CCN(C)C[C@@H]1C[C@H](c2ccc(CO)cc2)O[C@H](c2ccc(NC(=O)c3cccnc3)cc2)O1. The van der Waals surface area contributed by atoms with Crippen LogP contribution in [0, 0.1) is 0 Å². The molecule has 0 spiro atoms. The van der Waals surface area contributed by atoms with E-state index in [0.29, 0.717) is 11.3 Å². The lowest BCUT2D eigenvalue weighted by molar-refractivity contribution is -0.252. The predicted octanol–water partition coefficient (Wildman–Crippen LogP) is 4.49. The van der Waals surface area contributed by atoms with Gasteiger partial charge in [0, 0.05) is 43.2 Å². The van der Waals surface area contributed by atoms with Crippen molar-refractivity contribution >= 4 is 11.6 Å². The Balaban J connectivity index is 1.49. The number of anilines is 1. The molecule has 1 aromatic heterocycles. The Labute approximate surface area is 206 Å². The van der Waals surface area contributed by atoms with Gasteiger partial charge in [-0.15, -0.1) is 6.58 Å². The van der Waals surface area contributed by atoms with Gasteiger partial charge in [-0.2, -0.15) is 0 Å². The number of aromatic nitrogens is 1. The highest BCUT2D eigenvalue weighted by Gasteiger charge is 2.32. The predicted molar refractivity (Wildman–Crippen MR) is 135 cm³/mol. The summed E-state index contributed by atoms with van der Waals surface area (Å²) in [5.41, 5.74) is 3.96. The van der Waals surface area contributed by atoms with Crippen LogP contribution in [0.3, 0.4) is 0 Å². The summed E-state index contributed by atoms with van der Waals surface area (Å²) in [6.45, 7) is 5.35. The minimum Gasteiger partial charge on any atom is -0.392 e. The van der Waals surface area contributed by atoms with E-state index in [1.807, 2.05) is 61.7 Å². The maximum Gasteiger partial charge on any atom is 0.257 e. The Morgan fingerprint density at radius 2 is 1.89 bits per heavy atom. The Kier molecular flexibility index (Phi) is 8.39. The van der Waals surface area contributed by atoms with Crippen molar-refractivity contribution in [2.45, 2.75) is 31.5 Å². The van der Waals surface area contributed by atoms with Crippen LogP contribution in [-0.4, -0.2) is 47.1 Å². The van der Waals surface area contributed by atoms with E-state index in [0.717, 1.165) is 36.2 Å². The first kappa shape index (κ1) is 24.8. The number of carbonyl (C=O) groups excluding carboxylic acids is 1. The first-order valence-corrected chi connectivity index (χ1v) is 11.7. The average Bonchev–Trinajstić information content (AvgIpc) is 2.89. The molecule has 0 saturated carbocycles. The summed E-state index contributed by atoms with van der Waals surface area (Å²) in [5.74, 6) is -0.215. The van der Waals surface area contributed by atoms with E-state index in [1.54, 1.807) is 18.3 Å². The van der Waals surface area contributed by atoms with Crippen LogP contribution in [0.1, 0.15) is 45.9 Å². The zero-order chi connectivity index (χ0) is 24.6. The third-order valence-electron chi connectivity index (χ3n) is 5.94. The number of hydrogen-bond donors (Lipinski definition) is 2. The van der Waals surface area contributed by atoms with Crippen LogP contribution in [-0.2, 0) is 16.1 Å². The molecular weight excluding hydrogens is 442 g/mol. The van der Waals surface area contributed by atoms with E-state index in [-0.39, 0.29) is 24.7 Å². The molecule has 182 valence electrons. The Morgan fingerprint density at radius 3 is 2.54 bits per heavy atom. The van der Waals surface area contributed by atoms with Gasteiger partial charge in [-0.05, 0) is 42.4 Å². The van der Waals surface area contributed by atoms with Gasteiger partial charge in [-0.3, -0.25) is 9.78 Å². The fourth-order valence-corrected chi connectivity index (χ4v) is 4.10. The van der Waals surface area contributed by atoms with Gasteiger partial charge in [0.05, 0.1) is 24.4 Å². The zero-order valence-corrected chi connectivity index (χ0v) is 19.8. The lowest BCUT2D eigenvalue weighted by atomic mass is 9.99. The van der Waals surface area contributed by atoms with Crippen LogP contribution in [0.15, 0.2) is 85.7 Å². The van der Waals surface area contributed by atoms with Crippen molar-refractivity contribution in [3.63, 3.8) is 0 Å². The summed E-state index contributed by atoms with van der Waals surface area (Å²) in [7, 11) is 2.04. The van der Waals surface area contributed by atoms with Crippen molar-refractivity contribution in [1.82, 2.24) is 9.88 Å². The number of likely N-dealkylation sites (N-methyl/N-ethyl adjacent to an activating group) is 1. The maximum atomic E-state index is 12.4. The summed E-state index contributed by atoms with van der Waals surface area (Å²) in [4.78, 5) is 18.6. The number of hydrogen-bond acceptors (Lipinski definition) is 6. The average molecular weight is 474 g/mol. The molecule has 3 atom stereocenters. The van der Waals surface area contributed by atoms with Gasteiger partial charge in [0.25, 0.3) is 5.91 Å². The molecule has 1 aliphatic heterocycles. The maximum absolute atomic E-state index is 12.4. The van der Waals surface area contributed by atoms with Crippen molar-refractivity contribution in [1.29, 1.82) is 0 Å². The number of aliphatic hydroxyl groups is 1. The van der Waals surface area contributed by atoms with Crippen LogP contribution in [0.25, 0.3) is 0 Å². The fourth-order valence-electron chi connectivity index (χ4n) is 4.10. The van der Waals surface area contributed by atoms with Crippen LogP contribution >= 0.6 is 0 Å². The van der Waals surface area contributed by atoms with Crippen molar-refractivity contribution < 1.29 is 19.4 Å². The van der Waals surface area contributed by atoms with Gasteiger partial charge in [0.15, 0.2) is 6.29 Å². The van der Waals surface area contributed by atoms with Crippen molar-refractivity contribution in [3.8, 4) is 0 Å². The normalized spacial score (nSPS) is 19.9. The largest absolute Gasteiger partial charge is 0.392 e. The molecule has 7 heteroatoms. The fraction of sp³-hybridized carbons (Fsp3) is 0.286. The van der Waals surface area contributed by atoms with Crippen LogP contribution < -0.4 is 5.32 Å². The molecule has 7 nitrogen and oxygen atoms in total. The second-order valence-electron chi connectivity index (χ2n) is 8.68. The molecule has 1 amide bonds. The monoisotopic (exact) mass is 473 g/mol. The second kappa shape index (κ2) is 11.9. The lowest BCUT2D eigenvalue weighted by Gasteiger charge is -2.37. The molecule has 1 fully saturated rings. The van der Waals surface area contributed by atoms with Gasteiger partial charge in [0.1, 0.15) is 0 Å². The van der Waals surface area contributed by atoms with E-state index in [4.69, 9.17) is 9.47 Å². The third kappa shape index (κ3) is 6.61. The molecule has 0 unspecified atom stereocenters. The molecule has 0 bridgehead atoms. The standard InChI is InChI=1S/C28H31N3O4/c1-3-15-31(2)18-25-16-26(21-8-6-20(19-32)7-9-21)35-28(34-25)22-10-12-24(13-11-22)30-27(33)23-5-4-14-29-17-23/h3-14,17,25-26,28,32H,1,15-16,18-19H2,2H3,(H,30,33)/t25-,26+,28+/m0/s1. The van der Waals surface area contributed by atoms with Gasteiger partial charge < -0.3 is 24.8 Å². The Bertz CT molecular complexity index is 1100. The Hall–Kier alpha value is -3.36. The summed E-state index contributed by atoms with van der Waals surface area (Å²) < 4.78 is 12.7. The number of pyridine rings is 1. The number of aliphatic hydroxyl groups excluding tert-OH is 1. The number of benzene rings is 2. The molecule has 35 heavy (non-hydrogen) atoms. The van der Waals surface area contributed by atoms with Gasteiger partial charge in [-0.1, -0.05) is 42.5 Å². The quantitative estimate of drug-likeness (QED) is 0.446. The molecular formula is C28H31N3O4. The minimum atomic E-state index is -0.545.